The van der Waals surface area contributed by atoms with E-state index in [9.17, 15) is 9.59 Å². The lowest BCUT2D eigenvalue weighted by atomic mass is 9.96. The Balaban J connectivity index is 1.98. The van der Waals surface area contributed by atoms with Crippen LogP contribution in [-0.4, -0.2) is 35.9 Å². The number of amides is 2. The van der Waals surface area contributed by atoms with E-state index in [0.29, 0.717) is 6.61 Å². The van der Waals surface area contributed by atoms with E-state index in [1.54, 1.807) is 11.8 Å². The molecule has 0 saturated carbocycles. The van der Waals surface area contributed by atoms with Crippen molar-refractivity contribution in [1.29, 1.82) is 0 Å². The van der Waals surface area contributed by atoms with E-state index < -0.39 is 6.04 Å². The zero-order valence-electron chi connectivity index (χ0n) is 10.8. The predicted octanol–water partition coefficient (Wildman–Crippen LogP) is 0.857. The van der Waals surface area contributed by atoms with Gasteiger partial charge in [0, 0.05) is 12.0 Å². The minimum atomic E-state index is -0.433. The molecule has 1 aromatic carbocycles. The highest BCUT2D eigenvalue weighted by atomic mass is 16.5. The van der Waals surface area contributed by atoms with Crippen LogP contribution in [0, 0.1) is 0 Å². The Hall–Kier alpha value is -2.04. The lowest BCUT2D eigenvalue weighted by Gasteiger charge is -2.41. The molecule has 2 aliphatic rings. The number of carbonyl (C=O) groups is 2. The van der Waals surface area contributed by atoms with Gasteiger partial charge in [0.05, 0.1) is 19.2 Å². The number of fused-ring (bicyclic) bond motifs is 1. The van der Waals surface area contributed by atoms with Gasteiger partial charge < -0.3 is 15.0 Å². The van der Waals surface area contributed by atoms with E-state index in [0.717, 1.165) is 17.7 Å². The summed E-state index contributed by atoms with van der Waals surface area (Å²) in [7, 11) is 0. The van der Waals surface area contributed by atoms with Crippen LogP contribution in [0.15, 0.2) is 24.3 Å². The fourth-order valence-corrected chi connectivity index (χ4v) is 2.80. The summed E-state index contributed by atoms with van der Waals surface area (Å²) in [4.78, 5) is 25.6. The van der Waals surface area contributed by atoms with E-state index in [2.05, 4.69) is 5.32 Å². The van der Waals surface area contributed by atoms with Crippen molar-refractivity contribution in [1.82, 2.24) is 10.2 Å². The fraction of sp³-hybridized carbons (Fsp3) is 0.429. The maximum atomic E-state index is 12.1. The first-order valence-corrected chi connectivity index (χ1v) is 6.49. The molecule has 2 amide bonds. The van der Waals surface area contributed by atoms with E-state index in [1.807, 2.05) is 24.3 Å². The summed E-state index contributed by atoms with van der Waals surface area (Å²) in [5.41, 5.74) is 0.989. The number of rotatable bonds is 1. The van der Waals surface area contributed by atoms with Gasteiger partial charge in [0.15, 0.2) is 0 Å². The second kappa shape index (κ2) is 4.57. The Labute approximate surface area is 111 Å². The lowest BCUT2D eigenvalue weighted by Crippen LogP contribution is -2.58. The fourth-order valence-electron chi connectivity index (χ4n) is 2.80. The monoisotopic (exact) mass is 260 g/mol. The summed E-state index contributed by atoms with van der Waals surface area (Å²) in [5, 5.41) is 2.61. The van der Waals surface area contributed by atoms with E-state index >= 15 is 0 Å². The van der Waals surface area contributed by atoms with Gasteiger partial charge in [-0.3, -0.25) is 9.59 Å². The Morgan fingerprint density at radius 2 is 2.11 bits per heavy atom. The molecule has 5 heteroatoms. The number of piperazine rings is 1. The SMILES string of the molecule is CC1C(=O)NCC(=O)N1C1CCOc2ccccc21. The molecule has 0 bridgehead atoms. The van der Waals surface area contributed by atoms with Crippen LogP contribution in [0.2, 0.25) is 0 Å². The van der Waals surface area contributed by atoms with Gasteiger partial charge in [-0.15, -0.1) is 0 Å². The van der Waals surface area contributed by atoms with E-state index in [-0.39, 0.29) is 24.4 Å². The number of para-hydroxylation sites is 1. The van der Waals surface area contributed by atoms with Gasteiger partial charge in [0.1, 0.15) is 11.8 Å². The highest BCUT2D eigenvalue weighted by Crippen LogP contribution is 2.37. The van der Waals surface area contributed by atoms with E-state index in [1.165, 1.54) is 0 Å². The van der Waals surface area contributed by atoms with Gasteiger partial charge in [-0.25, -0.2) is 0 Å². The maximum Gasteiger partial charge on any atom is 0.243 e. The molecular weight excluding hydrogens is 244 g/mol. The molecule has 0 radical (unpaired) electrons. The van der Waals surface area contributed by atoms with Crippen molar-refractivity contribution in [2.45, 2.75) is 25.4 Å². The molecule has 100 valence electrons. The molecule has 1 N–H and O–H groups in total. The topological polar surface area (TPSA) is 58.6 Å². The van der Waals surface area contributed by atoms with Crippen molar-refractivity contribution in [3.63, 3.8) is 0 Å². The largest absolute Gasteiger partial charge is 0.493 e. The van der Waals surface area contributed by atoms with Gasteiger partial charge in [0.25, 0.3) is 0 Å². The molecule has 1 fully saturated rings. The molecular formula is C14H16N2O3. The molecule has 2 unspecified atom stereocenters. The van der Waals surface area contributed by atoms with Crippen molar-refractivity contribution in [3.8, 4) is 5.75 Å². The molecule has 1 saturated heterocycles. The number of nitrogens with zero attached hydrogens (tertiary/aromatic N) is 1. The normalized spacial score (nSPS) is 26.5. The summed E-state index contributed by atoms with van der Waals surface area (Å²) in [5.74, 6) is 0.683. The first-order chi connectivity index (χ1) is 9.18. The van der Waals surface area contributed by atoms with Crippen molar-refractivity contribution < 1.29 is 14.3 Å². The Morgan fingerprint density at radius 1 is 1.32 bits per heavy atom. The van der Waals surface area contributed by atoms with Gasteiger partial charge in [-0.2, -0.15) is 0 Å². The molecule has 5 nitrogen and oxygen atoms in total. The quantitative estimate of drug-likeness (QED) is 0.814. The van der Waals surface area contributed by atoms with Gasteiger partial charge in [0.2, 0.25) is 11.8 Å². The first kappa shape index (κ1) is 12.0. The van der Waals surface area contributed by atoms with Crippen LogP contribution in [-0.2, 0) is 9.59 Å². The molecule has 0 aliphatic carbocycles. The van der Waals surface area contributed by atoms with Crippen LogP contribution in [0.25, 0.3) is 0 Å². The highest BCUT2D eigenvalue weighted by Gasteiger charge is 2.38. The smallest absolute Gasteiger partial charge is 0.243 e. The van der Waals surface area contributed by atoms with Crippen molar-refractivity contribution in [2.75, 3.05) is 13.2 Å². The average Bonchev–Trinajstić information content (AvgIpc) is 2.44. The minimum Gasteiger partial charge on any atom is -0.493 e. The molecule has 0 spiro atoms. The minimum absolute atomic E-state index is 0.0335. The van der Waals surface area contributed by atoms with Crippen LogP contribution in [0.4, 0.5) is 0 Å². The second-order valence-electron chi connectivity index (χ2n) is 4.89. The Kier molecular flexibility index (Phi) is 2.89. The average molecular weight is 260 g/mol. The van der Waals surface area contributed by atoms with Gasteiger partial charge >= 0.3 is 0 Å². The Morgan fingerprint density at radius 3 is 2.95 bits per heavy atom. The summed E-state index contributed by atoms with van der Waals surface area (Å²) in [6, 6.07) is 7.21. The standard InChI is InChI=1S/C14H16N2O3/c1-9-14(18)15-8-13(17)16(9)11-6-7-19-12-5-3-2-4-10(11)12/h2-5,9,11H,6-8H2,1H3,(H,15,18). The summed E-state index contributed by atoms with van der Waals surface area (Å²) in [6.45, 7) is 2.42. The number of carbonyl (C=O) groups excluding carboxylic acids is 2. The number of hydrogen-bond acceptors (Lipinski definition) is 3. The third-order valence-electron chi connectivity index (χ3n) is 3.76. The third-order valence-corrected chi connectivity index (χ3v) is 3.76. The lowest BCUT2D eigenvalue weighted by molar-refractivity contribution is -0.148. The number of ether oxygens (including phenoxy) is 1. The van der Waals surface area contributed by atoms with E-state index in [4.69, 9.17) is 4.74 Å². The molecule has 19 heavy (non-hydrogen) atoms. The van der Waals surface area contributed by atoms with Crippen molar-refractivity contribution in [3.05, 3.63) is 29.8 Å². The third kappa shape index (κ3) is 1.95. The van der Waals surface area contributed by atoms with Gasteiger partial charge in [-0.1, -0.05) is 18.2 Å². The van der Waals surface area contributed by atoms with Crippen LogP contribution in [0.5, 0.6) is 5.75 Å². The highest BCUT2D eigenvalue weighted by molar-refractivity contribution is 5.94. The predicted molar refractivity (Wildman–Crippen MR) is 68.6 cm³/mol. The molecule has 2 aliphatic heterocycles. The molecule has 1 aromatic rings. The number of nitrogens with one attached hydrogen (secondary N) is 1. The van der Waals surface area contributed by atoms with Gasteiger partial charge in [-0.05, 0) is 13.0 Å². The molecule has 2 heterocycles. The number of benzene rings is 1. The summed E-state index contributed by atoms with van der Waals surface area (Å²) in [6.07, 6.45) is 0.723. The van der Waals surface area contributed by atoms with Crippen LogP contribution >= 0.6 is 0 Å². The van der Waals surface area contributed by atoms with Crippen LogP contribution in [0.3, 0.4) is 0 Å². The van der Waals surface area contributed by atoms with Crippen LogP contribution in [0.1, 0.15) is 24.9 Å². The summed E-state index contributed by atoms with van der Waals surface area (Å²) < 4.78 is 5.60. The number of hydrogen-bond donors (Lipinski definition) is 1. The zero-order chi connectivity index (χ0) is 13.4. The zero-order valence-corrected chi connectivity index (χ0v) is 10.8. The molecule has 0 aromatic heterocycles. The van der Waals surface area contributed by atoms with Crippen molar-refractivity contribution in [2.24, 2.45) is 0 Å². The first-order valence-electron chi connectivity index (χ1n) is 6.49. The summed E-state index contributed by atoms with van der Waals surface area (Å²) >= 11 is 0. The Bertz CT molecular complexity index is 529. The second-order valence-corrected chi connectivity index (χ2v) is 4.89. The molecule has 2 atom stereocenters. The van der Waals surface area contributed by atoms with Crippen LogP contribution < -0.4 is 10.1 Å². The molecule has 3 rings (SSSR count). The maximum absolute atomic E-state index is 12.1. The van der Waals surface area contributed by atoms with Crippen molar-refractivity contribution >= 4 is 11.8 Å².